The average Bonchev–Trinajstić information content (AvgIpc) is 2.69. The van der Waals surface area contributed by atoms with Gasteiger partial charge in [-0.3, -0.25) is 0 Å². The molecule has 2 rings (SSSR count). The average molecular weight is 190 g/mol. The highest BCUT2D eigenvalue weighted by Crippen LogP contribution is 2.18. The van der Waals surface area contributed by atoms with E-state index in [0.29, 0.717) is 0 Å². The molecule has 0 unspecified atom stereocenters. The van der Waals surface area contributed by atoms with Crippen LogP contribution >= 0.6 is 11.8 Å². The van der Waals surface area contributed by atoms with Gasteiger partial charge in [0.05, 0.1) is 12.2 Å². The Morgan fingerprint density at radius 1 is 1.23 bits per heavy atom. The van der Waals surface area contributed by atoms with E-state index in [1.54, 1.807) is 18.0 Å². The van der Waals surface area contributed by atoms with Gasteiger partial charge in [-0.15, -0.1) is 11.8 Å². The smallest absolute Gasteiger partial charge is 0.0953 e. The third kappa shape index (κ3) is 2.36. The van der Waals surface area contributed by atoms with Crippen LogP contribution in [-0.2, 0) is 5.88 Å². The topological polar surface area (TPSA) is 17.8 Å². The van der Waals surface area contributed by atoms with Crippen molar-refractivity contribution in [2.45, 2.75) is 10.8 Å². The van der Waals surface area contributed by atoms with Crippen LogP contribution in [0.15, 0.2) is 53.9 Å². The molecule has 0 saturated carbocycles. The van der Waals surface area contributed by atoms with Gasteiger partial charge < -0.3 is 4.57 Å². The van der Waals surface area contributed by atoms with Gasteiger partial charge in [-0.1, -0.05) is 18.2 Å². The van der Waals surface area contributed by atoms with Crippen molar-refractivity contribution in [1.29, 1.82) is 0 Å². The van der Waals surface area contributed by atoms with Gasteiger partial charge in [-0.2, -0.15) is 0 Å². The minimum absolute atomic E-state index is 0.921. The van der Waals surface area contributed by atoms with Crippen LogP contribution in [0.1, 0.15) is 0 Å². The summed E-state index contributed by atoms with van der Waals surface area (Å²) >= 11 is 1.80. The molecule has 1 aromatic carbocycles. The van der Waals surface area contributed by atoms with Crippen molar-refractivity contribution in [3.63, 3.8) is 0 Å². The lowest BCUT2D eigenvalue weighted by molar-refractivity contribution is 0.889. The summed E-state index contributed by atoms with van der Waals surface area (Å²) in [5.41, 5.74) is 0. The maximum atomic E-state index is 3.98. The molecule has 0 aliphatic heterocycles. The molecule has 0 aliphatic rings. The summed E-state index contributed by atoms with van der Waals surface area (Å²) < 4.78 is 2.05. The molecule has 3 heteroatoms. The first-order valence-electron chi connectivity index (χ1n) is 4.09. The van der Waals surface area contributed by atoms with Crippen molar-refractivity contribution >= 4 is 11.8 Å². The second kappa shape index (κ2) is 4.14. The third-order valence-electron chi connectivity index (χ3n) is 1.68. The first kappa shape index (κ1) is 8.38. The van der Waals surface area contributed by atoms with Crippen molar-refractivity contribution < 1.29 is 0 Å². The Kier molecular flexibility index (Phi) is 2.67. The zero-order valence-corrected chi connectivity index (χ0v) is 7.95. The summed E-state index contributed by atoms with van der Waals surface area (Å²) in [6, 6.07) is 10.4. The molecule has 0 amide bonds. The molecule has 0 saturated heterocycles. The molecule has 2 aromatic rings. The lowest BCUT2D eigenvalue weighted by Crippen LogP contribution is -1.88. The van der Waals surface area contributed by atoms with E-state index in [1.807, 2.05) is 18.6 Å². The Morgan fingerprint density at radius 3 is 2.77 bits per heavy atom. The summed E-state index contributed by atoms with van der Waals surface area (Å²) in [5.74, 6) is 0.921. The molecule has 0 atom stereocenters. The summed E-state index contributed by atoms with van der Waals surface area (Å²) in [5, 5.41) is 0. The number of rotatable bonds is 3. The molecule has 0 fully saturated rings. The third-order valence-corrected chi connectivity index (χ3v) is 2.72. The van der Waals surface area contributed by atoms with Gasteiger partial charge in [0.25, 0.3) is 0 Å². The molecule has 13 heavy (non-hydrogen) atoms. The van der Waals surface area contributed by atoms with E-state index in [1.165, 1.54) is 4.90 Å². The molecule has 0 N–H and O–H groups in total. The van der Waals surface area contributed by atoms with Gasteiger partial charge >= 0.3 is 0 Å². The zero-order chi connectivity index (χ0) is 8.93. The number of thioether (sulfide) groups is 1. The fourth-order valence-corrected chi connectivity index (χ4v) is 1.83. The van der Waals surface area contributed by atoms with E-state index in [9.17, 15) is 0 Å². The zero-order valence-electron chi connectivity index (χ0n) is 7.13. The minimum Gasteiger partial charge on any atom is -0.327 e. The van der Waals surface area contributed by atoms with Crippen LogP contribution < -0.4 is 0 Å². The van der Waals surface area contributed by atoms with Crippen LogP contribution in [0.2, 0.25) is 0 Å². The molecule has 0 aliphatic carbocycles. The van der Waals surface area contributed by atoms with Crippen LogP contribution in [0.25, 0.3) is 0 Å². The summed E-state index contributed by atoms with van der Waals surface area (Å²) in [4.78, 5) is 5.27. The highest BCUT2D eigenvalue weighted by Gasteiger charge is 1.92. The van der Waals surface area contributed by atoms with Crippen molar-refractivity contribution in [2.24, 2.45) is 0 Å². The van der Waals surface area contributed by atoms with E-state index in [2.05, 4.69) is 33.8 Å². The summed E-state index contributed by atoms with van der Waals surface area (Å²) in [6.45, 7) is 0. The Hall–Kier alpha value is -1.22. The Morgan fingerprint density at radius 2 is 2.08 bits per heavy atom. The quantitative estimate of drug-likeness (QED) is 0.692. The lowest BCUT2D eigenvalue weighted by Gasteiger charge is -2.01. The first-order chi connectivity index (χ1) is 6.45. The number of nitrogens with zero attached hydrogens (tertiary/aromatic N) is 2. The van der Waals surface area contributed by atoms with Crippen LogP contribution in [0, 0.1) is 0 Å². The van der Waals surface area contributed by atoms with Gasteiger partial charge in [-0.25, -0.2) is 4.98 Å². The highest BCUT2D eigenvalue weighted by molar-refractivity contribution is 7.98. The second-order valence-corrected chi connectivity index (χ2v) is 3.68. The van der Waals surface area contributed by atoms with Gasteiger partial charge in [0.1, 0.15) is 0 Å². The largest absolute Gasteiger partial charge is 0.327 e. The molecule has 0 bridgehead atoms. The highest BCUT2D eigenvalue weighted by atomic mass is 32.2. The molecular weight excluding hydrogens is 180 g/mol. The van der Waals surface area contributed by atoms with Crippen LogP contribution in [0.5, 0.6) is 0 Å². The summed E-state index contributed by atoms with van der Waals surface area (Å²) in [6.07, 6.45) is 5.59. The first-order valence-corrected chi connectivity index (χ1v) is 5.07. The van der Waals surface area contributed by atoms with Gasteiger partial charge in [0, 0.05) is 17.3 Å². The van der Waals surface area contributed by atoms with E-state index in [0.717, 1.165) is 5.88 Å². The van der Waals surface area contributed by atoms with Crippen LogP contribution in [0.4, 0.5) is 0 Å². The van der Waals surface area contributed by atoms with E-state index < -0.39 is 0 Å². The Labute approximate surface area is 81.6 Å². The standard InChI is InChI=1S/C10H10N2S/c1-2-4-10(5-3-1)13-9-12-7-6-11-8-12/h1-8H,9H2. The van der Waals surface area contributed by atoms with Crippen molar-refractivity contribution in [2.75, 3.05) is 0 Å². The SMILES string of the molecule is c1ccc(SCn2ccnc2)cc1. The van der Waals surface area contributed by atoms with Gasteiger partial charge in [-0.05, 0) is 12.1 Å². The fraction of sp³-hybridized carbons (Fsp3) is 0.100. The number of hydrogen-bond donors (Lipinski definition) is 0. The number of hydrogen-bond acceptors (Lipinski definition) is 2. The maximum Gasteiger partial charge on any atom is 0.0953 e. The van der Waals surface area contributed by atoms with Gasteiger partial charge in [0.15, 0.2) is 0 Å². The molecule has 2 nitrogen and oxygen atoms in total. The number of imidazole rings is 1. The lowest BCUT2D eigenvalue weighted by atomic mass is 10.4. The molecular formula is C10H10N2S. The molecule has 1 heterocycles. The van der Waals surface area contributed by atoms with Crippen molar-refractivity contribution in [3.05, 3.63) is 49.1 Å². The van der Waals surface area contributed by atoms with E-state index >= 15 is 0 Å². The summed E-state index contributed by atoms with van der Waals surface area (Å²) in [7, 11) is 0. The maximum absolute atomic E-state index is 3.98. The molecule has 1 aromatic heterocycles. The molecule has 0 spiro atoms. The predicted molar refractivity (Wildman–Crippen MR) is 54.5 cm³/mol. The minimum atomic E-state index is 0.921. The van der Waals surface area contributed by atoms with Crippen LogP contribution in [-0.4, -0.2) is 9.55 Å². The van der Waals surface area contributed by atoms with Crippen molar-refractivity contribution in [1.82, 2.24) is 9.55 Å². The monoisotopic (exact) mass is 190 g/mol. The van der Waals surface area contributed by atoms with E-state index in [4.69, 9.17) is 0 Å². The fourth-order valence-electron chi connectivity index (χ4n) is 1.03. The Bertz CT molecular complexity index is 342. The molecule has 0 radical (unpaired) electrons. The van der Waals surface area contributed by atoms with Crippen molar-refractivity contribution in [3.8, 4) is 0 Å². The predicted octanol–water partition coefficient (Wildman–Crippen LogP) is 2.63. The number of aromatic nitrogens is 2. The van der Waals surface area contributed by atoms with Crippen LogP contribution in [0.3, 0.4) is 0 Å². The van der Waals surface area contributed by atoms with Gasteiger partial charge in [0.2, 0.25) is 0 Å². The Balaban J connectivity index is 1.94. The molecule has 66 valence electrons. The second-order valence-electron chi connectivity index (χ2n) is 2.66. The van der Waals surface area contributed by atoms with E-state index in [-0.39, 0.29) is 0 Å². The number of benzene rings is 1. The normalized spacial score (nSPS) is 10.2.